The number of anilines is 1. The molecule has 1 N–H and O–H groups in total. The molecule has 0 spiro atoms. The summed E-state index contributed by atoms with van der Waals surface area (Å²) in [6.07, 6.45) is 1.29. The van der Waals surface area contributed by atoms with Crippen LogP contribution in [0.5, 0.6) is 0 Å². The molecule has 0 radical (unpaired) electrons. The summed E-state index contributed by atoms with van der Waals surface area (Å²) in [5.74, 6) is -0.597. The molecule has 8 heteroatoms. The number of hydrogen-bond acceptors (Lipinski definition) is 4. The molecular formula is C16H10ClN3O4. The highest BCUT2D eigenvalue weighted by molar-refractivity contribution is 6.31. The second kappa shape index (κ2) is 6.13. The van der Waals surface area contributed by atoms with Crippen molar-refractivity contribution in [3.63, 3.8) is 0 Å². The molecule has 7 nitrogen and oxygen atoms in total. The first-order valence-corrected chi connectivity index (χ1v) is 7.21. The molecule has 1 saturated heterocycles. The second-order valence-corrected chi connectivity index (χ2v) is 5.36. The monoisotopic (exact) mass is 343 g/mol. The van der Waals surface area contributed by atoms with Crippen LogP contribution < -0.4 is 10.2 Å². The molecular weight excluding hydrogens is 334 g/mol. The van der Waals surface area contributed by atoms with E-state index < -0.39 is 16.9 Å². The zero-order valence-corrected chi connectivity index (χ0v) is 12.9. The standard InChI is InChI=1S/C16H10ClN3O4/c17-11-5-7-12(8-6-11)19-15(21)13(18-16(19)22)9-10-3-1-2-4-14(10)20(23)24/h1-9H,(H,18,22). The van der Waals surface area contributed by atoms with Gasteiger partial charge in [-0.2, -0.15) is 0 Å². The van der Waals surface area contributed by atoms with Crippen molar-refractivity contribution in [2.24, 2.45) is 0 Å². The number of carbonyl (C=O) groups is 2. The fourth-order valence-electron chi connectivity index (χ4n) is 2.29. The van der Waals surface area contributed by atoms with E-state index in [0.717, 1.165) is 4.90 Å². The van der Waals surface area contributed by atoms with Crippen molar-refractivity contribution in [1.82, 2.24) is 5.32 Å². The van der Waals surface area contributed by atoms with Gasteiger partial charge in [-0.3, -0.25) is 14.9 Å². The van der Waals surface area contributed by atoms with E-state index in [1.165, 1.54) is 36.4 Å². The first-order valence-electron chi connectivity index (χ1n) is 6.83. The predicted octanol–water partition coefficient (Wildman–Crippen LogP) is 3.35. The molecule has 3 amide bonds. The SMILES string of the molecule is O=C1NC(=Cc2ccccc2[N+](=O)[O-])C(=O)N1c1ccc(Cl)cc1. The molecule has 1 heterocycles. The molecule has 2 aromatic rings. The molecule has 120 valence electrons. The molecule has 0 bridgehead atoms. The van der Waals surface area contributed by atoms with Crippen LogP contribution in [0, 0.1) is 10.1 Å². The fraction of sp³-hybridized carbons (Fsp3) is 0. The van der Waals surface area contributed by atoms with Crippen LogP contribution in [0.3, 0.4) is 0 Å². The quantitative estimate of drug-likeness (QED) is 0.400. The maximum absolute atomic E-state index is 12.5. The summed E-state index contributed by atoms with van der Waals surface area (Å²) in [4.78, 5) is 36.0. The van der Waals surface area contributed by atoms with Gasteiger partial charge in [-0.25, -0.2) is 9.69 Å². The van der Waals surface area contributed by atoms with Crippen molar-refractivity contribution in [3.8, 4) is 0 Å². The average Bonchev–Trinajstić information content (AvgIpc) is 2.83. The molecule has 0 aliphatic carbocycles. The Bertz CT molecular complexity index is 877. The first-order chi connectivity index (χ1) is 11.5. The number of nitro groups is 1. The number of benzene rings is 2. The van der Waals surface area contributed by atoms with Crippen molar-refractivity contribution < 1.29 is 14.5 Å². The van der Waals surface area contributed by atoms with Gasteiger partial charge in [0.1, 0.15) is 5.70 Å². The summed E-state index contributed by atoms with van der Waals surface area (Å²) in [5.41, 5.74) is 0.387. The number of carbonyl (C=O) groups excluding carboxylic acids is 2. The van der Waals surface area contributed by atoms with Crippen LogP contribution in [-0.4, -0.2) is 16.9 Å². The highest BCUT2D eigenvalue weighted by Crippen LogP contribution is 2.26. The third-order valence-electron chi connectivity index (χ3n) is 3.40. The van der Waals surface area contributed by atoms with Crippen LogP contribution in [-0.2, 0) is 4.79 Å². The number of halogens is 1. The molecule has 1 aliphatic heterocycles. The van der Waals surface area contributed by atoms with Crippen LogP contribution >= 0.6 is 11.6 Å². The first kappa shape index (κ1) is 15.7. The van der Waals surface area contributed by atoms with Gasteiger partial charge >= 0.3 is 6.03 Å². The Balaban J connectivity index is 1.97. The Morgan fingerprint density at radius 1 is 1.08 bits per heavy atom. The fourth-order valence-corrected chi connectivity index (χ4v) is 2.42. The van der Waals surface area contributed by atoms with Gasteiger partial charge in [0.05, 0.1) is 16.2 Å². The van der Waals surface area contributed by atoms with Gasteiger partial charge in [-0.05, 0) is 36.4 Å². The highest BCUT2D eigenvalue weighted by atomic mass is 35.5. The van der Waals surface area contributed by atoms with Gasteiger partial charge < -0.3 is 5.32 Å². The third-order valence-corrected chi connectivity index (χ3v) is 3.65. The number of nitro benzene ring substituents is 1. The number of amides is 3. The van der Waals surface area contributed by atoms with Crippen molar-refractivity contribution in [3.05, 3.63) is 74.9 Å². The smallest absolute Gasteiger partial charge is 0.302 e. The Labute approximate surface area is 141 Å². The van der Waals surface area contributed by atoms with Gasteiger partial charge in [0.2, 0.25) is 0 Å². The van der Waals surface area contributed by atoms with Crippen molar-refractivity contribution >= 4 is 41.0 Å². The molecule has 2 aromatic carbocycles. The Kier molecular flexibility index (Phi) is 4.01. The number of nitrogens with one attached hydrogen (secondary N) is 1. The Hall–Kier alpha value is -3.19. The van der Waals surface area contributed by atoms with Crippen LogP contribution in [0.25, 0.3) is 6.08 Å². The summed E-state index contributed by atoms with van der Waals surface area (Å²) < 4.78 is 0. The second-order valence-electron chi connectivity index (χ2n) is 4.92. The summed E-state index contributed by atoms with van der Waals surface area (Å²) >= 11 is 5.79. The lowest BCUT2D eigenvalue weighted by Crippen LogP contribution is -2.30. The van der Waals surface area contributed by atoms with Gasteiger partial charge in [0.25, 0.3) is 11.6 Å². The van der Waals surface area contributed by atoms with Crippen molar-refractivity contribution in [1.29, 1.82) is 0 Å². The summed E-state index contributed by atoms with van der Waals surface area (Å²) in [5, 5.41) is 13.9. The number of para-hydroxylation sites is 1. The van der Waals surface area contributed by atoms with Crippen LogP contribution in [0.4, 0.5) is 16.2 Å². The normalized spacial score (nSPS) is 15.7. The van der Waals surface area contributed by atoms with E-state index in [4.69, 9.17) is 11.6 Å². The minimum absolute atomic E-state index is 0.0377. The van der Waals surface area contributed by atoms with Gasteiger partial charge in [-0.1, -0.05) is 23.7 Å². The molecule has 3 rings (SSSR count). The number of urea groups is 1. The number of imide groups is 1. The minimum atomic E-state index is -0.632. The largest absolute Gasteiger partial charge is 0.333 e. The molecule has 0 saturated carbocycles. The molecule has 24 heavy (non-hydrogen) atoms. The van der Waals surface area contributed by atoms with E-state index in [2.05, 4.69) is 5.32 Å². The van der Waals surface area contributed by atoms with Crippen molar-refractivity contribution in [2.75, 3.05) is 4.90 Å². The number of rotatable bonds is 3. The third kappa shape index (κ3) is 2.84. The molecule has 1 aliphatic rings. The summed E-state index contributed by atoms with van der Waals surface area (Å²) in [6.45, 7) is 0. The van der Waals surface area contributed by atoms with Gasteiger partial charge in [0.15, 0.2) is 0 Å². The Morgan fingerprint density at radius 2 is 1.75 bits per heavy atom. The number of nitrogens with zero attached hydrogens (tertiary/aromatic N) is 2. The van der Waals surface area contributed by atoms with E-state index >= 15 is 0 Å². The molecule has 1 fully saturated rings. The topological polar surface area (TPSA) is 92.5 Å². The molecule has 0 atom stereocenters. The predicted molar refractivity (Wildman–Crippen MR) is 88.5 cm³/mol. The van der Waals surface area contributed by atoms with Gasteiger partial charge in [0, 0.05) is 11.1 Å². The average molecular weight is 344 g/mol. The van der Waals surface area contributed by atoms with Crippen LogP contribution in [0.2, 0.25) is 5.02 Å². The maximum Gasteiger partial charge on any atom is 0.333 e. The molecule has 0 aromatic heterocycles. The van der Waals surface area contributed by atoms with E-state index in [-0.39, 0.29) is 16.9 Å². The van der Waals surface area contributed by atoms with Gasteiger partial charge in [-0.15, -0.1) is 0 Å². The van der Waals surface area contributed by atoms with E-state index in [9.17, 15) is 19.7 Å². The lowest BCUT2D eigenvalue weighted by atomic mass is 10.1. The summed E-state index contributed by atoms with van der Waals surface area (Å²) in [7, 11) is 0. The Morgan fingerprint density at radius 3 is 2.42 bits per heavy atom. The van der Waals surface area contributed by atoms with Crippen LogP contribution in [0.1, 0.15) is 5.56 Å². The zero-order valence-electron chi connectivity index (χ0n) is 12.1. The lowest BCUT2D eigenvalue weighted by Gasteiger charge is -2.11. The zero-order chi connectivity index (χ0) is 17.3. The van der Waals surface area contributed by atoms with E-state index in [0.29, 0.717) is 10.7 Å². The van der Waals surface area contributed by atoms with Crippen LogP contribution in [0.15, 0.2) is 54.2 Å². The van der Waals surface area contributed by atoms with E-state index in [1.807, 2.05) is 0 Å². The maximum atomic E-state index is 12.5. The summed E-state index contributed by atoms with van der Waals surface area (Å²) in [6, 6.07) is 11.5. The van der Waals surface area contributed by atoms with E-state index in [1.54, 1.807) is 18.2 Å². The lowest BCUT2D eigenvalue weighted by molar-refractivity contribution is -0.385. The number of hydrogen-bond donors (Lipinski definition) is 1. The molecule has 0 unspecified atom stereocenters. The minimum Gasteiger partial charge on any atom is -0.302 e. The highest BCUT2D eigenvalue weighted by Gasteiger charge is 2.35. The van der Waals surface area contributed by atoms with Crippen molar-refractivity contribution in [2.45, 2.75) is 0 Å².